The summed E-state index contributed by atoms with van der Waals surface area (Å²) in [5, 5.41) is 5.79. The summed E-state index contributed by atoms with van der Waals surface area (Å²) in [6.45, 7) is 3.61. The topological polar surface area (TPSA) is 41.1 Å². The number of carbonyl (C=O) groups excluding carboxylic acids is 1. The number of hydrogen-bond acceptors (Lipinski definition) is 2. The molecule has 5 heteroatoms. The molecule has 1 aromatic carbocycles. The molecule has 0 aliphatic carbocycles. The highest BCUT2D eigenvalue weighted by molar-refractivity contribution is 5.92. The summed E-state index contributed by atoms with van der Waals surface area (Å²) < 4.78 is 25.7. The largest absolute Gasteiger partial charge is 0.326 e. The minimum atomic E-state index is -0.956. The third kappa shape index (κ3) is 3.04. The summed E-state index contributed by atoms with van der Waals surface area (Å²) in [5.74, 6) is -1.70. The first-order valence-corrected chi connectivity index (χ1v) is 6.03. The van der Waals surface area contributed by atoms with Gasteiger partial charge >= 0.3 is 0 Å². The normalized spacial score (nSPS) is 23.7. The van der Waals surface area contributed by atoms with Crippen LogP contribution in [0.1, 0.15) is 13.3 Å². The molecule has 1 saturated heterocycles. The number of piperidine rings is 1. The Bertz CT molecular complexity index is 451. The Kier molecular flexibility index (Phi) is 3.91. The maximum Gasteiger partial charge on any atom is 0.228 e. The van der Waals surface area contributed by atoms with Crippen molar-refractivity contribution in [1.29, 1.82) is 0 Å². The average Bonchev–Trinajstić information content (AvgIpc) is 2.34. The molecule has 1 aromatic rings. The van der Waals surface area contributed by atoms with Gasteiger partial charge in [0.05, 0.1) is 5.92 Å². The van der Waals surface area contributed by atoms with Crippen molar-refractivity contribution in [2.45, 2.75) is 13.3 Å². The van der Waals surface area contributed by atoms with E-state index in [9.17, 15) is 13.6 Å². The predicted molar refractivity (Wildman–Crippen MR) is 65.1 cm³/mol. The first-order valence-electron chi connectivity index (χ1n) is 6.03. The van der Waals surface area contributed by atoms with Gasteiger partial charge in [0.25, 0.3) is 0 Å². The van der Waals surface area contributed by atoms with E-state index in [1.807, 2.05) is 0 Å². The van der Waals surface area contributed by atoms with E-state index in [0.717, 1.165) is 25.1 Å². The Morgan fingerprint density at radius 3 is 2.78 bits per heavy atom. The standard InChI is InChI=1S/C13H16F2N2O/c1-8-4-9(7-16-6-8)13(18)17-10-2-3-11(14)12(15)5-10/h2-3,5,8-9,16H,4,6-7H2,1H3,(H,17,18). The van der Waals surface area contributed by atoms with E-state index in [2.05, 4.69) is 17.6 Å². The SMILES string of the molecule is CC1CNCC(C(=O)Nc2ccc(F)c(F)c2)C1. The van der Waals surface area contributed by atoms with Crippen LogP contribution in [-0.2, 0) is 4.79 Å². The van der Waals surface area contributed by atoms with E-state index in [0.29, 0.717) is 12.5 Å². The van der Waals surface area contributed by atoms with Gasteiger partial charge in [-0.1, -0.05) is 6.92 Å². The van der Waals surface area contributed by atoms with Crippen molar-refractivity contribution in [1.82, 2.24) is 5.32 Å². The highest BCUT2D eigenvalue weighted by Crippen LogP contribution is 2.19. The summed E-state index contributed by atoms with van der Waals surface area (Å²) in [4.78, 5) is 11.9. The zero-order valence-electron chi connectivity index (χ0n) is 10.2. The summed E-state index contributed by atoms with van der Waals surface area (Å²) in [7, 11) is 0. The second-order valence-corrected chi connectivity index (χ2v) is 4.81. The molecule has 0 aromatic heterocycles. The molecule has 2 unspecified atom stereocenters. The molecule has 2 N–H and O–H groups in total. The first-order chi connectivity index (χ1) is 8.56. The number of carbonyl (C=O) groups is 1. The molecule has 1 fully saturated rings. The van der Waals surface area contributed by atoms with Crippen molar-refractivity contribution in [2.75, 3.05) is 18.4 Å². The molecule has 1 amide bonds. The van der Waals surface area contributed by atoms with Crippen LogP contribution in [0, 0.1) is 23.5 Å². The van der Waals surface area contributed by atoms with Crippen molar-refractivity contribution in [3.63, 3.8) is 0 Å². The van der Waals surface area contributed by atoms with Crippen molar-refractivity contribution in [3.8, 4) is 0 Å². The number of halogens is 2. The minimum Gasteiger partial charge on any atom is -0.326 e. The molecule has 18 heavy (non-hydrogen) atoms. The van der Waals surface area contributed by atoms with Crippen LogP contribution in [0.2, 0.25) is 0 Å². The molecule has 2 atom stereocenters. The molecular weight excluding hydrogens is 238 g/mol. The molecular formula is C13H16F2N2O. The lowest BCUT2D eigenvalue weighted by Gasteiger charge is -2.26. The van der Waals surface area contributed by atoms with Crippen LogP contribution in [0.3, 0.4) is 0 Å². The molecule has 1 aliphatic heterocycles. The molecule has 3 nitrogen and oxygen atoms in total. The Hall–Kier alpha value is -1.49. The Balaban J connectivity index is 2.00. The number of rotatable bonds is 2. The van der Waals surface area contributed by atoms with Crippen LogP contribution in [0.15, 0.2) is 18.2 Å². The van der Waals surface area contributed by atoms with E-state index < -0.39 is 11.6 Å². The first kappa shape index (κ1) is 13.0. The van der Waals surface area contributed by atoms with E-state index in [1.54, 1.807) is 0 Å². The summed E-state index contributed by atoms with van der Waals surface area (Å²) in [6, 6.07) is 3.36. The number of anilines is 1. The molecule has 98 valence electrons. The Morgan fingerprint density at radius 2 is 2.11 bits per heavy atom. The van der Waals surface area contributed by atoms with Gasteiger partial charge in [-0.3, -0.25) is 4.79 Å². The molecule has 2 rings (SSSR count). The maximum absolute atomic E-state index is 13.0. The van der Waals surface area contributed by atoms with Gasteiger partial charge < -0.3 is 10.6 Å². The molecule has 1 aliphatic rings. The fraction of sp³-hybridized carbons (Fsp3) is 0.462. The van der Waals surface area contributed by atoms with Crippen molar-refractivity contribution < 1.29 is 13.6 Å². The fourth-order valence-corrected chi connectivity index (χ4v) is 2.17. The molecule has 0 spiro atoms. The van der Waals surface area contributed by atoms with Crippen LogP contribution in [0.5, 0.6) is 0 Å². The highest BCUT2D eigenvalue weighted by Gasteiger charge is 2.24. The van der Waals surface area contributed by atoms with Gasteiger partial charge in [-0.05, 0) is 31.0 Å². The van der Waals surface area contributed by atoms with Gasteiger partial charge in [-0.15, -0.1) is 0 Å². The second-order valence-electron chi connectivity index (χ2n) is 4.81. The molecule has 0 radical (unpaired) electrons. The van der Waals surface area contributed by atoms with Gasteiger partial charge in [0.2, 0.25) is 5.91 Å². The van der Waals surface area contributed by atoms with Gasteiger partial charge in [-0.25, -0.2) is 8.78 Å². The van der Waals surface area contributed by atoms with Crippen molar-refractivity contribution >= 4 is 11.6 Å². The van der Waals surface area contributed by atoms with Crippen LogP contribution >= 0.6 is 0 Å². The quantitative estimate of drug-likeness (QED) is 0.849. The van der Waals surface area contributed by atoms with Crippen molar-refractivity contribution in [2.24, 2.45) is 11.8 Å². The third-order valence-electron chi connectivity index (χ3n) is 3.13. The van der Waals surface area contributed by atoms with Gasteiger partial charge in [0.15, 0.2) is 11.6 Å². The smallest absolute Gasteiger partial charge is 0.228 e. The summed E-state index contributed by atoms with van der Waals surface area (Å²) in [5.41, 5.74) is 0.289. The zero-order chi connectivity index (χ0) is 13.1. The lowest BCUT2D eigenvalue weighted by atomic mass is 9.91. The van der Waals surface area contributed by atoms with Gasteiger partial charge in [-0.2, -0.15) is 0 Å². The van der Waals surface area contributed by atoms with Gasteiger partial charge in [0, 0.05) is 18.3 Å². The Morgan fingerprint density at radius 1 is 1.33 bits per heavy atom. The fourth-order valence-electron chi connectivity index (χ4n) is 2.17. The molecule has 0 saturated carbocycles. The Labute approximate surface area is 105 Å². The van der Waals surface area contributed by atoms with E-state index >= 15 is 0 Å². The number of nitrogens with one attached hydrogen (secondary N) is 2. The zero-order valence-corrected chi connectivity index (χ0v) is 10.2. The van der Waals surface area contributed by atoms with E-state index in [4.69, 9.17) is 0 Å². The lowest BCUT2D eigenvalue weighted by molar-refractivity contribution is -0.120. The number of benzene rings is 1. The number of hydrogen-bond donors (Lipinski definition) is 2. The minimum absolute atomic E-state index is 0.123. The maximum atomic E-state index is 13.0. The average molecular weight is 254 g/mol. The van der Waals surface area contributed by atoms with E-state index in [-0.39, 0.29) is 17.5 Å². The van der Waals surface area contributed by atoms with Crippen molar-refractivity contribution in [3.05, 3.63) is 29.8 Å². The summed E-state index contributed by atoms with van der Waals surface area (Å²) in [6.07, 6.45) is 0.808. The highest BCUT2D eigenvalue weighted by atomic mass is 19.2. The molecule has 1 heterocycles. The van der Waals surface area contributed by atoms with Crippen LogP contribution in [-0.4, -0.2) is 19.0 Å². The lowest BCUT2D eigenvalue weighted by Crippen LogP contribution is -2.40. The van der Waals surface area contributed by atoms with Crippen LogP contribution in [0.25, 0.3) is 0 Å². The molecule has 0 bridgehead atoms. The number of amides is 1. The summed E-state index contributed by atoms with van der Waals surface area (Å²) >= 11 is 0. The van der Waals surface area contributed by atoms with Gasteiger partial charge in [0.1, 0.15) is 0 Å². The third-order valence-corrected chi connectivity index (χ3v) is 3.13. The van der Waals surface area contributed by atoms with Crippen LogP contribution in [0.4, 0.5) is 14.5 Å². The van der Waals surface area contributed by atoms with Crippen LogP contribution < -0.4 is 10.6 Å². The second kappa shape index (κ2) is 5.44. The monoisotopic (exact) mass is 254 g/mol. The predicted octanol–water partition coefficient (Wildman–Crippen LogP) is 2.15. The van der Waals surface area contributed by atoms with E-state index in [1.165, 1.54) is 6.07 Å².